The molecule has 30 heavy (non-hydrogen) atoms. The number of hydrogen-bond acceptors (Lipinski definition) is 7. The van der Waals surface area contributed by atoms with Crippen LogP contribution in [0.2, 0.25) is 5.02 Å². The third kappa shape index (κ3) is 4.29. The van der Waals surface area contributed by atoms with E-state index >= 15 is 0 Å². The zero-order valence-electron chi connectivity index (χ0n) is 16.7. The summed E-state index contributed by atoms with van der Waals surface area (Å²) < 4.78 is 7.68. The quantitative estimate of drug-likeness (QED) is 0.405. The summed E-state index contributed by atoms with van der Waals surface area (Å²) in [4.78, 5) is 13.5. The van der Waals surface area contributed by atoms with E-state index in [0.29, 0.717) is 27.6 Å². The van der Waals surface area contributed by atoms with Crippen molar-refractivity contribution >= 4 is 23.4 Å². The van der Waals surface area contributed by atoms with Gasteiger partial charge in [-0.25, -0.2) is 9.97 Å². The second-order valence-corrected chi connectivity index (χ2v) is 7.95. The third-order valence-corrected chi connectivity index (χ3v) is 6.01. The molecule has 1 aromatic carbocycles. The van der Waals surface area contributed by atoms with Crippen LogP contribution in [-0.2, 0) is 13.7 Å². The Bertz CT molecular complexity index is 1180. The summed E-state index contributed by atoms with van der Waals surface area (Å²) in [6.07, 6.45) is 3.48. The van der Waals surface area contributed by atoms with Gasteiger partial charge in [-0.15, -0.1) is 10.2 Å². The van der Waals surface area contributed by atoms with Gasteiger partial charge in [0.2, 0.25) is 0 Å². The first kappa shape index (κ1) is 20.3. The molecule has 152 valence electrons. The molecule has 0 aliphatic rings. The summed E-state index contributed by atoms with van der Waals surface area (Å²) >= 11 is 7.60. The molecule has 9 heteroatoms. The molecule has 0 saturated carbocycles. The van der Waals surface area contributed by atoms with Crippen molar-refractivity contribution in [2.75, 3.05) is 0 Å². The predicted molar refractivity (Wildman–Crippen MR) is 116 cm³/mol. The lowest BCUT2D eigenvalue weighted by atomic mass is 10.2. The fraction of sp³-hybridized carbons (Fsp3) is 0.190. The fourth-order valence-electron chi connectivity index (χ4n) is 2.68. The summed E-state index contributed by atoms with van der Waals surface area (Å²) in [7, 11) is 1.90. The molecule has 0 spiro atoms. The van der Waals surface area contributed by atoms with Gasteiger partial charge in [-0.3, -0.25) is 4.98 Å². The molecule has 0 N–H and O–H groups in total. The van der Waals surface area contributed by atoms with E-state index in [4.69, 9.17) is 21.3 Å². The molecule has 4 rings (SSSR count). The highest BCUT2D eigenvalue weighted by atomic mass is 35.5. The molecule has 0 saturated heterocycles. The second-order valence-electron chi connectivity index (χ2n) is 6.58. The van der Waals surface area contributed by atoms with Crippen LogP contribution in [0, 0.1) is 13.8 Å². The van der Waals surface area contributed by atoms with Crippen LogP contribution in [-0.4, -0.2) is 29.7 Å². The van der Waals surface area contributed by atoms with Gasteiger partial charge in [-0.1, -0.05) is 23.7 Å². The molecule has 4 aromatic rings. The molecule has 7 nitrogen and oxygen atoms in total. The van der Waals surface area contributed by atoms with Crippen molar-refractivity contribution < 1.29 is 4.74 Å². The summed E-state index contributed by atoms with van der Waals surface area (Å²) in [6.45, 7) is 4.24. The molecule has 0 fully saturated rings. The standard InChI is InChI=1S/C21H19ClN6OS/c1-13-14(2)24-19(15-7-6-10-23-11-15)25-20(13)30-21-27-26-18(28(21)3)12-29-17-9-5-4-8-16(17)22/h4-11H,12H2,1-3H3. The first-order valence-corrected chi connectivity index (χ1v) is 10.4. The number of aryl methyl sites for hydroxylation is 1. The summed E-state index contributed by atoms with van der Waals surface area (Å²) in [6, 6.07) is 11.2. The Balaban J connectivity index is 1.56. The normalized spacial score (nSPS) is 10.9. The number of pyridine rings is 1. The van der Waals surface area contributed by atoms with Crippen LogP contribution in [0.5, 0.6) is 5.75 Å². The zero-order chi connectivity index (χ0) is 21.1. The maximum Gasteiger partial charge on any atom is 0.197 e. The highest BCUT2D eigenvalue weighted by Gasteiger charge is 2.16. The van der Waals surface area contributed by atoms with Crippen molar-refractivity contribution in [2.24, 2.45) is 7.05 Å². The average molecular weight is 439 g/mol. The Hall–Kier alpha value is -2.97. The molecule has 0 atom stereocenters. The minimum absolute atomic E-state index is 0.260. The van der Waals surface area contributed by atoms with E-state index in [0.717, 1.165) is 21.8 Å². The van der Waals surface area contributed by atoms with Crippen LogP contribution in [0.15, 0.2) is 59.0 Å². The largest absolute Gasteiger partial charge is 0.484 e. The third-order valence-electron chi connectivity index (χ3n) is 4.57. The molecule has 0 radical (unpaired) electrons. The van der Waals surface area contributed by atoms with Gasteiger partial charge < -0.3 is 9.30 Å². The topological polar surface area (TPSA) is 78.6 Å². The number of halogens is 1. The Morgan fingerprint density at radius 3 is 2.67 bits per heavy atom. The van der Waals surface area contributed by atoms with Gasteiger partial charge in [-0.05, 0) is 49.9 Å². The lowest BCUT2D eigenvalue weighted by Gasteiger charge is -2.10. The number of ether oxygens (including phenoxy) is 1. The molecule has 0 amide bonds. The van der Waals surface area contributed by atoms with Gasteiger partial charge in [0.25, 0.3) is 0 Å². The van der Waals surface area contributed by atoms with Crippen molar-refractivity contribution in [1.82, 2.24) is 29.7 Å². The molecule has 0 aliphatic heterocycles. The van der Waals surface area contributed by atoms with Gasteiger partial charge in [0.15, 0.2) is 16.8 Å². The van der Waals surface area contributed by atoms with Gasteiger partial charge >= 0.3 is 0 Å². The van der Waals surface area contributed by atoms with Crippen molar-refractivity contribution in [1.29, 1.82) is 0 Å². The highest BCUT2D eigenvalue weighted by molar-refractivity contribution is 7.99. The second kappa shape index (κ2) is 8.81. The monoisotopic (exact) mass is 438 g/mol. The predicted octanol–water partition coefficient (Wildman–Crippen LogP) is 4.67. The molecular formula is C21H19ClN6OS. The van der Waals surface area contributed by atoms with E-state index in [-0.39, 0.29) is 6.61 Å². The summed E-state index contributed by atoms with van der Waals surface area (Å²) in [5, 5.41) is 10.7. The average Bonchev–Trinajstić information content (AvgIpc) is 3.10. The minimum atomic E-state index is 0.260. The fourth-order valence-corrected chi connectivity index (χ4v) is 3.80. The lowest BCUT2D eigenvalue weighted by molar-refractivity contribution is 0.290. The van der Waals surface area contributed by atoms with Crippen molar-refractivity contribution in [2.45, 2.75) is 30.6 Å². The van der Waals surface area contributed by atoms with Crippen LogP contribution in [0.1, 0.15) is 17.1 Å². The molecule has 0 aliphatic carbocycles. The maximum absolute atomic E-state index is 6.15. The smallest absolute Gasteiger partial charge is 0.197 e. The van der Waals surface area contributed by atoms with E-state index in [1.54, 1.807) is 18.5 Å². The Morgan fingerprint density at radius 1 is 1.07 bits per heavy atom. The minimum Gasteiger partial charge on any atom is -0.484 e. The van der Waals surface area contributed by atoms with Gasteiger partial charge in [0.1, 0.15) is 17.4 Å². The molecule has 3 heterocycles. The van der Waals surface area contributed by atoms with Crippen LogP contribution < -0.4 is 4.74 Å². The maximum atomic E-state index is 6.15. The highest BCUT2D eigenvalue weighted by Crippen LogP contribution is 2.30. The van der Waals surface area contributed by atoms with Crippen molar-refractivity contribution in [3.63, 3.8) is 0 Å². The first-order valence-electron chi connectivity index (χ1n) is 9.22. The number of hydrogen-bond donors (Lipinski definition) is 0. The Labute approximate surface area is 183 Å². The lowest BCUT2D eigenvalue weighted by Crippen LogP contribution is -2.05. The Kier molecular flexibility index (Phi) is 5.96. The first-order chi connectivity index (χ1) is 14.5. The van der Waals surface area contributed by atoms with Gasteiger partial charge in [-0.2, -0.15) is 0 Å². The van der Waals surface area contributed by atoms with E-state index in [1.807, 2.05) is 55.8 Å². The van der Waals surface area contributed by atoms with E-state index in [2.05, 4.69) is 20.2 Å². The van der Waals surface area contributed by atoms with Crippen LogP contribution >= 0.6 is 23.4 Å². The molecular weight excluding hydrogens is 420 g/mol. The molecule has 3 aromatic heterocycles. The number of para-hydroxylation sites is 1. The van der Waals surface area contributed by atoms with E-state index in [9.17, 15) is 0 Å². The van der Waals surface area contributed by atoms with E-state index < -0.39 is 0 Å². The van der Waals surface area contributed by atoms with Gasteiger partial charge in [0.05, 0.1) is 5.02 Å². The molecule has 0 unspecified atom stereocenters. The van der Waals surface area contributed by atoms with Crippen molar-refractivity contribution in [3.05, 3.63) is 70.9 Å². The SMILES string of the molecule is Cc1nc(-c2cccnc2)nc(Sc2nnc(COc3ccccc3Cl)n2C)c1C. The number of benzene rings is 1. The Morgan fingerprint density at radius 2 is 1.90 bits per heavy atom. The van der Waals surface area contributed by atoms with Crippen LogP contribution in [0.4, 0.5) is 0 Å². The zero-order valence-corrected chi connectivity index (χ0v) is 18.3. The molecule has 0 bridgehead atoms. The van der Waals surface area contributed by atoms with Crippen LogP contribution in [0.3, 0.4) is 0 Å². The number of nitrogens with zero attached hydrogens (tertiary/aromatic N) is 6. The summed E-state index contributed by atoms with van der Waals surface area (Å²) in [5.41, 5.74) is 2.79. The van der Waals surface area contributed by atoms with Crippen molar-refractivity contribution in [3.8, 4) is 17.1 Å². The van der Waals surface area contributed by atoms with E-state index in [1.165, 1.54) is 11.8 Å². The number of aromatic nitrogens is 6. The number of rotatable bonds is 6. The van der Waals surface area contributed by atoms with Crippen LogP contribution in [0.25, 0.3) is 11.4 Å². The van der Waals surface area contributed by atoms with Gasteiger partial charge in [0, 0.05) is 36.3 Å². The summed E-state index contributed by atoms with van der Waals surface area (Å²) in [5.74, 6) is 1.94.